The molecule has 0 saturated carbocycles. The van der Waals surface area contributed by atoms with Crippen LogP contribution in [0.5, 0.6) is 0 Å². The van der Waals surface area contributed by atoms with E-state index in [4.69, 9.17) is 0 Å². The molecule has 0 radical (unpaired) electrons. The third kappa shape index (κ3) is 2.43. The van der Waals surface area contributed by atoms with E-state index >= 15 is 0 Å². The summed E-state index contributed by atoms with van der Waals surface area (Å²) in [5, 5.41) is 6.03. The molecular weight excluding hydrogens is 285 g/mol. The van der Waals surface area contributed by atoms with E-state index in [0.717, 1.165) is 10.9 Å². The van der Waals surface area contributed by atoms with Crippen LogP contribution in [-0.2, 0) is 6.18 Å². The lowest BCUT2D eigenvalue weighted by Crippen LogP contribution is -2.13. The molecule has 2 heterocycles. The Morgan fingerprint density at radius 3 is 2.65 bits per heavy atom. The maximum atomic E-state index is 13.0. The minimum Gasteiger partial charge on any atom is -0.301 e. The van der Waals surface area contributed by atoms with Crippen LogP contribution in [0.2, 0.25) is 0 Å². The van der Waals surface area contributed by atoms with Gasteiger partial charge in [-0.25, -0.2) is 0 Å². The number of alkyl halides is 3. The minimum absolute atomic E-state index is 0.0358. The summed E-state index contributed by atoms with van der Waals surface area (Å²) in [4.78, 5) is 1.08. The van der Waals surface area contributed by atoms with E-state index in [0.29, 0.717) is 12.1 Å². The van der Waals surface area contributed by atoms with E-state index in [-0.39, 0.29) is 11.6 Å². The molecule has 1 aromatic carbocycles. The SMILES string of the molecule is FC(F)(F)c1ccccc1C1=NNC(c2cccs2)C1. The van der Waals surface area contributed by atoms with E-state index in [1.165, 1.54) is 12.1 Å². The molecule has 0 saturated heterocycles. The lowest BCUT2D eigenvalue weighted by Gasteiger charge is -2.12. The second-order valence-electron chi connectivity index (χ2n) is 4.50. The maximum absolute atomic E-state index is 13.0. The van der Waals surface area contributed by atoms with Crippen molar-refractivity contribution in [3.63, 3.8) is 0 Å². The first-order valence-corrected chi connectivity index (χ1v) is 6.96. The van der Waals surface area contributed by atoms with Gasteiger partial charge in [-0.2, -0.15) is 18.3 Å². The predicted octanol–water partition coefficient (Wildman–Crippen LogP) is 4.21. The van der Waals surface area contributed by atoms with Gasteiger partial charge in [0.1, 0.15) is 0 Å². The molecule has 1 unspecified atom stereocenters. The van der Waals surface area contributed by atoms with Gasteiger partial charge in [-0.15, -0.1) is 11.3 Å². The van der Waals surface area contributed by atoms with Gasteiger partial charge in [-0.05, 0) is 17.5 Å². The lowest BCUT2D eigenvalue weighted by atomic mass is 9.98. The zero-order valence-corrected chi connectivity index (χ0v) is 11.1. The van der Waals surface area contributed by atoms with Gasteiger partial charge >= 0.3 is 6.18 Å². The van der Waals surface area contributed by atoms with Gasteiger partial charge < -0.3 is 5.43 Å². The van der Waals surface area contributed by atoms with Crippen molar-refractivity contribution in [2.45, 2.75) is 18.6 Å². The fourth-order valence-electron chi connectivity index (χ4n) is 2.25. The monoisotopic (exact) mass is 296 g/mol. The lowest BCUT2D eigenvalue weighted by molar-refractivity contribution is -0.137. The largest absolute Gasteiger partial charge is 0.417 e. The van der Waals surface area contributed by atoms with Crippen LogP contribution in [0.1, 0.15) is 28.5 Å². The third-order valence-corrected chi connectivity index (χ3v) is 4.17. The Bertz CT molecular complexity index is 632. The van der Waals surface area contributed by atoms with Gasteiger partial charge in [-0.1, -0.05) is 24.3 Å². The van der Waals surface area contributed by atoms with E-state index < -0.39 is 11.7 Å². The highest BCUT2D eigenvalue weighted by Crippen LogP contribution is 2.35. The summed E-state index contributed by atoms with van der Waals surface area (Å²) in [6.45, 7) is 0. The Labute approximate surface area is 117 Å². The van der Waals surface area contributed by atoms with Gasteiger partial charge in [0.25, 0.3) is 0 Å². The molecule has 3 rings (SSSR count). The van der Waals surface area contributed by atoms with Crippen molar-refractivity contribution in [2.24, 2.45) is 5.10 Å². The molecule has 1 aliphatic heterocycles. The number of hydrogen-bond donors (Lipinski definition) is 1. The summed E-state index contributed by atoms with van der Waals surface area (Å²) in [5.41, 5.74) is 2.90. The molecule has 104 valence electrons. The highest BCUT2D eigenvalue weighted by Gasteiger charge is 2.35. The average molecular weight is 296 g/mol. The fraction of sp³-hybridized carbons (Fsp3) is 0.214. The van der Waals surface area contributed by atoms with Gasteiger partial charge in [0, 0.05) is 16.9 Å². The maximum Gasteiger partial charge on any atom is 0.417 e. The molecule has 0 aliphatic carbocycles. The first kappa shape index (κ1) is 13.2. The molecule has 20 heavy (non-hydrogen) atoms. The number of hydrazone groups is 1. The fourth-order valence-corrected chi connectivity index (χ4v) is 3.02. The molecule has 6 heteroatoms. The van der Waals surface area contributed by atoms with E-state index in [1.807, 2.05) is 17.5 Å². The van der Waals surface area contributed by atoms with Crippen LogP contribution in [0.15, 0.2) is 46.9 Å². The smallest absolute Gasteiger partial charge is 0.301 e. The minimum atomic E-state index is -4.36. The molecule has 0 fully saturated rings. The first-order chi connectivity index (χ1) is 9.55. The summed E-state index contributed by atoms with van der Waals surface area (Å²) in [6, 6.07) is 9.40. The van der Waals surface area contributed by atoms with Crippen molar-refractivity contribution in [1.82, 2.24) is 5.43 Å². The molecule has 0 amide bonds. The zero-order chi connectivity index (χ0) is 14.2. The second kappa shape index (κ2) is 4.94. The number of halogens is 3. The van der Waals surface area contributed by atoms with Crippen molar-refractivity contribution >= 4 is 17.0 Å². The van der Waals surface area contributed by atoms with E-state index in [2.05, 4.69) is 10.5 Å². The molecule has 1 aromatic heterocycles. The van der Waals surface area contributed by atoms with Gasteiger partial charge in [-0.3, -0.25) is 0 Å². The van der Waals surface area contributed by atoms with Crippen molar-refractivity contribution in [1.29, 1.82) is 0 Å². The van der Waals surface area contributed by atoms with Crippen LogP contribution >= 0.6 is 11.3 Å². The number of thiophene rings is 1. The summed E-state index contributed by atoms with van der Waals surface area (Å²) in [5.74, 6) is 0. The Balaban J connectivity index is 1.89. The number of rotatable bonds is 2. The van der Waals surface area contributed by atoms with Crippen molar-refractivity contribution in [2.75, 3.05) is 0 Å². The topological polar surface area (TPSA) is 24.4 Å². The quantitative estimate of drug-likeness (QED) is 0.882. The zero-order valence-electron chi connectivity index (χ0n) is 10.3. The summed E-state index contributed by atoms with van der Waals surface area (Å²) < 4.78 is 39.0. The number of hydrogen-bond acceptors (Lipinski definition) is 3. The van der Waals surface area contributed by atoms with Crippen LogP contribution in [0, 0.1) is 0 Å². The summed E-state index contributed by atoms with van der Waals surface area (Å²) in [7, 11) is 0. The molecule has 1 aliphatic rings. The van der Waals surface area contributed by atoms with Crippen molar-refractivity contribution in [3.05, 3.63) is 57.8 Å². The van der Waals surface area contributed by atoms with Gasteiger partial charge in [0.15, 0.2) is 0 Å². The highest BCUT2D eigenvalue weighted by atomic mass is 32.1. The number of benzene rings is 1. The molecule has 2 nitrogen and oxygen atoms in total. The van der Waals surface area contributed by atoms with Crippen LogP contribution in [0.4, 0.5) is 13.2 Å². The average Bonchev–Trinajstić information content (AvgIpc) is 3.09. The summed E-state index contributed by atoms with van der Waals surface area (Å²) >= 11 is 1.57. The third-order valence-electron chi connectivity index (χ3n) is 3.18. The molecule has 0 bridgehead atoms. The van der Waals surface area contributed by atoms with Gasteiger partial charge in [0.2, 0.25) is 0 Å². The summed E-state index contributed by atoms with van der Waals surface area (Å²) in [6.07, 6.45) is -3.90. The normalized spacial score (nSPS) is 18.8. The Morgan fingerprint density at radius 2 is 1.95 bits per heavy atom. The van der Waals surface area contributed by atoms with Gasteiger partial charge in [0.05, 0.1) is 17.3 Å². The van der Waals surface area contributed by atoms with Crippen LogP contribution in [0.3, 0.4) is 0 Å². The second-order valence-corrected chi connectivity index (χ2v) is 5.48. The Morgan fingerprint density at radius 1 is 1.15 bits per heavy atom. The first-order valence-electron chi connectivity index (χ1n) is 6.08. The number of nitrogens with zero attached hydrogens (tertiary/aromatic N) is 1. The van der Waals surface area contributed by atoms with Crippen molar-refractivity contribution in [3.8, 4) is 0 Å². The van der Waals surface area contributed by atoms with Crippen LogP contribution in [0.25, 0.3) is 0 Å². The van der Waals surface area contributed by atoms with E-state index in [9.17, 15) is 13.2 Å². The molecule has 2 aromatic rings. The van der Waals surface area contributed by atoms with Crippen molar-refractivity contribution < 1.29 is 13.2 Å². The highest BCUT2D eigenvalue weighted by molar-refractivity contribution is 7.10. The molecule has 1 N–H and O–H groups in total. The number of nitrogens with one attached hydrogen (secondary N) is 1. The molecular formula is C14H11F3N2S. The Hall–Kier alpha value is -1.82. The molecule has 1 atom stereocenters. The standard InChI is InChI=1S/C14H11F3N2S/c15-14(16,17)10-5-2-1-4-9(10)11-8-12(19-18-11)13-6-3-7-20-13/h1-7,12,19H,8H2. The van der Waals surface area contributed by atoms with Crippen LogP contribution in [-0.4, -0.2) is 5.71 Å². The van der Waals surface area contributed by atoms with E-state index in [1.54, 1.807) is 17.4 Å². The Kier molecular flexibility index (Phi) is 3.25. The predicted molar refractivity (Wildman–Crippen MR) is 72.8 cm³/mol. The molecule has 0 spiro atoms. The van der Waals surface area contributed by atoms with Crippen LogP contribution < -0.4 is 5.43 Å².